The number of amides is 1. The van der Waals surface area contributed by atoms with Crippen LogP contribution < -0.4 is 4.74 Å². The first-order valence-electron chi connectivity index (χ1n) is 8.31. The van der Waals surface area contributed by atoms with Crippen molar-refractivity contribution in [3.63, 3.8) is 0 Å². The Labute approximate surface area is 156 Å². The monoisotopic (exact) mass is 369 g/mol. The van der Waals surface area contributed by atoms with Gasteiger partial charge in [-0.3, -0.25) is 14.9 Å². The lowest BCUT2D eigenvalue weighted by Gasteiger charge is -2.30. The van der Waals surface area contributed by atoms with Gasteiger partial charge in [-0.2, -0.15) is 5.01 Å². The van der Waals surface area contributed by atoms with Crippen LogP contribution in [0.4, 0.5) is 5.69 Å². The summed E-state index contributed by atoms with van der Waals surface area (Å²) >= 11 is 0. The van der Waals surface area contributed by atoms with Crippen molar-refractivity contribution < 1.29 is 19.2 Å². The number of nitro groups is 1. The number of rotatable bonds is 5. The zero-order valence-corrected chi connectivity index (χ0v) is 15.2. The molecule has 8 heteroatoms. The summed E-state index contributed by atoms with van der Waals surface area (Å²) in [6.45, 7) is 4.97. The summed E-state index contributed by atoms with van der Waals surface area (Å²) in [6, 6.07) is 13.5. The maximum absolute atomic E-state index is 12.1. The predicted molar refractivity (Wildman–Crippen MR) is 98.2 cm³/mol. The third-order valence-corrected chi connectivity index (χ3v) is 4.17. The highest BCUT2D eigenvalue weighted by Crippen LogP contribution is 2.36. The molecule has 140 valence electrons. The normalized spacial score (nSPS) is 18.6. The van der Waals surface area contributed by atoms with Crippen LogP contribution in [0.2, 0.25) is 0 Å². The zero-order chi connectivity index (χ0) is 19.6. The van der Waals surface area contributed by atoms with E-state index in [1.807, 2.05) is 31.2 Å². The number of aryl methyl sites for hydroxylation is 1. The minimum atomic E-state index is -1.29. The molecule has 1 aliphatic rings. The van der Waals surface area contributed by atoms with Gasteiger partial charge in [0, 0.05) is 31.5 Å². The van der Waals surface area contributed by atoms with Crippen molar-refractivity contribution in [1.82, 2.24) is 5.01 Å². The van der Waals surface area contributed by atoms with Gasteiger partial charge in [0.1, 0.15) is 5.75 Å². The molecular weight excluding hydrogens is 350 g/mol. The molecule has 0 N–H and O–H groups in total. The Kier molecular flexibility index (Phi) is 4.81. The first kappa shape index (κ1) is 18.4. The highest BCUT2D eigenvalue weighted by atomic mass is 16.6. The molecule has 0 fully saturated rings. The Morgan fingerprint density at radius 2 is 2.04 bits per heavy atom. The fourth-order valence-corrected chi connectivity index (χ4v) is 2.87. The molecule has 8 nitrogen and oxygen atoms in total. The zero-order valence-electron chi connectivity index (χ0n) is 15.2. The lowest BCUT2D eigenvalue weighted by molar-refractivity contribution is -0.385. The number of nitro benzene ring substituents is 1. The van der Waals surface area contributed by atoms with Crippen LogP contribution in [-0.2, 0) is 15.3 Å². The maximum atomic E-state index is 12.1. The highest BCUT2D eigenvalue weighted by Gasteiger charge is 2.45. The smallest absolute Gasteiger partial charge is 0.269 e. The summed E-state index contributed by atoms with van der Waals surface area (Å²) in [7, 11) is 0. The topological polar surface area (TPSA) is 94.3 Å². The molecule has 0 spiro atoms. The maximum Gasteiger partial charge on any atom is 0.269 e. The number of benzene rings is 2. The van der Waals surface area contributed by atoms with E-state index in [-0.39, 0.29) is 24.1 Å². The van der Waals surface area contributed by atoms with Crippen molar-refractivity contribution in [2.45, 2.75) is 26.5 Å². The van der Waals surface area contributed by atoms with Crippen molar-refractivity contribution in [3.05, 3.63) is 69.8 Å². The largest absolute Gasteiger partial charge is 0.484 e. The van der Waals surface area contributed by atoms with Crippen LogP contribution in [0.25, 0.3) is 0 Å². The van der Waals surface area contributed by atoms with Gasteiger partial charge < -0.3 is 9.47 Å². The van der Waals surface area contributed by atoms with Crippen molar-refractivity contribution in [1.29, 1.82) is 0 Å². The second-order valence-electron chi connectivity index (χ2n) is 6.32. The van der Waals surface area contributed by atoms with Crippen LogP contribution in [0.5, 0.6) is 5.75 Å². The van der Waals surface area contributed by atoms with E-state index in [9.17, 15) is 14.9 Å². The standard InChI is InChI=1S/C19H19N3O5/c1-13-6-4-9-17(10-13)26-12-18-20-21(14(2)23)19(3,27-18)15-7-5-8-16(11-15)22(24)25/h4-11H,12H2,1-3H3/t19-/m0/s1. The molecule has 1 aliphatic heterocycles. The van der Waals surface area contributed by atoms with E-state index in [1.54, 1.807) is 19.1 Å². The molecule has 2 aromatic carbocycles. The van der Waals surface area contributed by atoms with Crippen molar-refractivity contribution in [2.75, 3.05) is 6.61 Å². The van der Waals surface area contributed by atoms with Crippen molar-refractivity contribution in [3.8, 4) is 5.75 Å². The van der Waals surface area contributed by atoms with Gasteiger partial charge in [-0.1, -0.05) is 24.3 Å². The summed E-state index contributed by atoms with van der Waals surface area (Å²) in [5.41, 5.74) is 0.114. The van der Waals surface area contributed by atoms with Gasteiger partial charge >= 0.3 is 0 Å². The molecule has 0 bridgehead atoms. The number of hydrazone groups is 1. The van der Waals surface area contributed by atoms with Gasteiger partial charge in [-0.05, 0) is 24.6 Å². The Hall–Kier alpha value is -3.42. The van der Waals surface area contributed by atoms with E-state index in [1.165, 1.54) is 24.1 Å². The van der Waals surface area contributed by atoms with Gasteiger partial charge in [0.2, 0.25) is 17.5 Å². The predicted octanol–water partition coefficient (Wildman–Crippen LogP) is 3.35. The Morgan fingerprint density at radius 3 is 2.70 bits per heavy atom. The van der Waals surface area contributed by atoms with Gasteiger partial charge in [0.25, 0.3) is 5.69 Å². The Morgan fingerprint density at radius 1 is 1.30 bits per heavy atom. The first-order valence-corrected chi connectivity index (χ1v) is 8.31. The molecule has 0 saturated heterocycles. The van der Waals surface area contributed by atoms with E-state index in [0.717, 1.165) is 5.56 Å². The Balaban J connectivity index is 1.84. The molecule has 1 heterocycles. The van der Waals surface area contributed by atoms with Gasteiger partial charge in [-0.15, -0.1) is 5.10 Å². The highest BCUT2D eigenvalue weighted by molar-refractivity contribution is 5.84. The molecule has 3 rings (SSSR count). The second-order valence-corrected chi connectivity index (χ2v) is 6.32. The number of carbonyl (C=O) groups excluding carboxylic acids is 1. The number of non-ortho nitro benzene ring substituents is 1. The summed E-state index contributed by atoms with van der Waals surface area (Å²) in [4.78, 5) is 22.7. The molecule has 0 aliphatic carbocycles. The number of nitrogens with zero attached hydrogens (tertiary/aromatic N) is 3. The van der Waals surface area contributed by atoms with Crippen molar-refractivity contribution >= 4 is 17.5 Å². The summed E-state index contributed by atoms with van der Waals surface area (Å²) < 4.78 is 11.6. The van der Waals surface area contributed by atoms with Crippen LogP contribution >= 0.6 is 0 Å². The summed E-state index contributed by atoms with van der Waals surface area (Å²) in [5.74, 6) is 0.509. The van der Waals surface area contributed by atoms with E-state index >= 15 is 0 Å². The molecule has 0 unspecified atom stereocenters. The van der Waals surface area contributed by atoms with Gasteiger partial charge in [-0.25, -0.2) is 0 Å². The molecular formula is C19H19N3O5. The third-order valence-electron chi connectivity index (χ3n) is 4.17. The van der Waals surface area contributed by atoms with E-state index in [0.29, 0.717) is 11.3 Å². The molecule has 0 aromatic heterocycles. The third kappa shape index (κ3) is 3.74. The van der Waals surface area contributed by atoms with E-state index in [4.69, 9.17) is 9.47 Å². The van der Waals surface area contributed by atoms with Crippen molar-refractivity contribution in [2.24, 2.45) is 5.10 Å². The van der Waals surface area contributed by atoms with Crippen LogP contribution in [0.3, 0.4) is 0 Å². The average Bonchev–Trinajstić information content (AvgIpc) is 2.98. The van der Waals surface area contributed by atoms with Crippen LogP contribution in [-0.4, -0.2) is 28.3 Å². The number of hydrogen-bond donors (Lipinski definition) is 0. The lowest BCUT2D eigenvalue weighted by Crippen LogP contribution is -2.41. The second kappa shape index (κ2) is 7.06. The number of ether oxygens (including phenoxy) is 2. The quantitative estimate of drug-likeness (QED) is 0.595. The minimum absolute atomic E-state index is 0.0255. The fourth-order valence-electron chi connectivity index (χ4n) is 2.87. The number of hydrogen-bond acceptors (Lipinski definition) is 6. The van der Waals surface area contributed by atoms with E-state index < -0.39 is 10.6 Å². The molecule has 2 aromatic rings. The van der Waals surface area contributed by atoms with E-state index in [2.05, 4.69) is 5.10 Å². The minimum Gasteiger partial charge on any atom is -0.484 e. The van der Waals surface area contributed by atoms with Gasteiger partial charge in [0.05, 0.1) is 4.92 Å². The average molecular weight is 369 g/mol. The van der Waals surface area contributed by atoms with Crippen LogP contribution in [0.15, 0.2) is 53.6 Å². The molecule has 1 atom stereocenters. The number of carbonyl (C=O) groups is 1. The SMILES string of the molecule is CC(=O)N1N=C(COc2cccc(C)c2)O[C@@]1(C)c1cccc([N+](=O)[O-])c1. The first-order chi connectivity index (χ1) is 12.8. The summed E-state index contributed by atoms with van der Waals surface area (Å²) in [6.07, 6.45) is 0. The molecule has 0 radical (unpaired) electrons. The van der Waals surface area contributed by atoms with Crippen LogP contribution in [0, 0.1) is 17.0 Å². The molecule has 27 heavy (non-hydrogen) atoms. The molecule has 1 amide bonds. The summed E-state index contributed by atoms with van der Waals surface area (Å²) in [5, 5.41) is 16.5. The van der Waals surface area contributed by atoms with Crippen LogP contribution in [0.1, 0.15) is 25.0 Å². The fraction of sp³-hybridized carbons (Fsp3) is 0.263. The molecule has 0 saturated carbocycles. The lowest BCUT2D eigenvalue weighted by atomic mass is 10.0. The Bertz CT molecular complexity index is 927. The van der Waals surface area contributed by atoms with Gasteiger partial charge in [0.15, 0.2) is 6.61 Å².